The molecule has 0 saturated carbocycles. The van der Waals surface area contributed by atoms with E-state index in [1.54, 1.807) is 7.11 Å². The molecule has 21 heavy (non-hydrogen) atoms. The molecule has 0 bridgehead atoms. The van der Waals surface area contributed by atoms with Gasteiger partial charge in [0.05, 0.1) is 13.7 Å². The molecule has 0 saturated heterocycles. The standard InChI is InChI=1S/C18H21NO2/c1-13-11-15(20-2)7-8-17(13)19-12-14-9-10-21-18-6-4-3-5-16(14)18/h3-8,11,14,19H,9-10,12H2,1-2H3. The molecular formula is C18H21NO2. The zero-order valence-electron chi connectivity index (χ0n) is 12.6. The van der Waals surface area contributed by atoms with Crippen LogP contribution in [0, 0.1) is 6.92 Å². The number of hydrogen-bond donors (Lipinski definition) is 1. The van der Waals surface area contributed by atoms with Crippen molar-refractivity contribution in [3.8, 4) is 11.5 Å². The smallest absolute Gasteiger partial charge is 0.122 e. The molecule has 0 amide bonds. The third-order valence-electron chi connectivity index (χ3n) is 4.06. The normalized spacial score (nSPS) is 16.8. The van der Waals surface area contributed by atoms with Crippen molar-refractivity contribution in [2.24, 2.45) is 0 Å². The van der Waals surface area contributed by atoms with Gasteiger partial charge in [-0.2, -0.15) is 0 Å². The van der Waals surface area contributed by atoms with Crippen LogP contribution < -0.4 is 14.8 Å². The Labute approximate surface area is 125 Å². The minimum Gasteiger partial charge on any atom is -0.497 e. The van der Waals surface area contributed by atoms with Crippen LogP contribution in [-0.4, -0.2) is 20.3 Å². The topological polar surface area (TPSA) is 30.5 Å². The van der Waals surface area contributed by atoms with E-state index in [0.717, 1.165) is 31.1 Å². The molecular weight excluding hydrogens is 262 g/mol. The van der Waals surface area contributed by atoms with Crippen molar-refractivity contribution in [1.82, 2.24) is 0 Å². The molecule has 0 aromatic heterocycles. The maximum atomic E-state index is 5.72. The van der Waals surface area contributed by atoms with Gasteiger partial charge in [0, 0.05) is 18.2 Å². The van der Waals surface area contributed by atoms with Crippen molar-refractivity contribution >= 4 is 5.69 Å². The van der Waals surface area contributed by atoms with Gasteiger partial charge in [0.2, 0.25) is 0 Å². The number of ether oxygens (including phenoxy) is 2. The van der Waals surface area contributed by atoms with Gasteiger partial charge in [-0.15, -0.1) is 0 Å². The van der Waals surface area contributed by atoms with Crippen LogP contribution in [0.3, 0.4) is 0 Å². The Morgan fingerprint density at radius 2 is 2.10 bits per heavy atom. The van der Waals surface area contributed by atoms with Gasteiger partial charge in [-0.05, 0) is 48.7 Å². The maximum Gasteiger partial charge on any atom is 0.122 e. The minimum absolute atomic E-state index is 0.497. The SMILES string of the molecule is COc1ccc(NCC2CCOc3ccccc32)c(C)c1. The lowest BCUT2D eigenvalue weighted by atomic mass is 9.93. The third-order valence-corrected chi connectivity index (χ3v) is 4.06. The summed E-state index contributed by atoms with van der Waals surface area (Å²) in [7, 11) is 1.70. The molecule has 1 atom stereocenters. The van der Waals surface area contributed by atoms with Gasteiger partial charge in [0.15, 0.2) is 0 Å². The Kier molecular flexibility index (Phi) is 4.00. The van der Waals surface area contributed by atoms with Gasteiger partial charge >= 0.3 is 0 Å². The van der Waals surface area contributed by atoms with Gasteiger partial charge in [-0.25, -0.2) is 0 Å². The van der Waals surface area contributed by atoms with E-state index < -0.39 is 0 Å². The van der Waals surface area contributed by atoms with Crippen LogP contribution in [-0.2, 0) is 0 Å². The summed E-state index contributed by atoms with van der Waals surface area (Å²) in [5, 5.41) is 3.56. The van der Waals surface area contributed by atoms with E-state index in [4.69, 9.17) is 9.47 Å². The van der Waals surface area contributed by atoms with Crippen LogP contribution in [0.4, 0.5) is 5.69 Å². The van der Waals surface area contributed by atoms with Crippen LogP contribution in [0.2, 0.25) is 0 Å². The monoisotopic (exact) mass is 283 g/mol. The van der Waals surface area contributed by atoms with Crippen LogP contribution in [0.25, 0.3) is 0 Å². The second-order valence-electron chi connectivity index (χ2n) is 5.43. The molecule has 0 fully saturated rings. The van der Waals surface area contributed by atoms with Gasteiger partial charge in [-0.3, -0.25) is 0 Å². The van der Waals surface area contributed by atoms with Crippen LogP contribution in [0.5, 0.6) is 11.5 Å². The first-order chi connectivity index (χ1) is 10.3. The molecule has 1 N–H and O–H groups in total. The van der Waals surface area contributed by atoms with Crippen molar-refractivity contribution in [3.05, 3.63) is 53.6 Å². The van der Waals surface area contributed by atoms with Gasteiger partial charge in [0.1, 0.15) is 11.5 Å². The van der Waals surface area contributed by atoms with Gasteiger partial charge in [-0.1, -0.05) is 18.2 Å². The predicted molar refractivity (Wildman–Crippen MR) is 85.5 cm³/mol. The molecule has 1 heterocycles. The Morgan fingerprint density at radius 3 is 2.90 bits per heavy atom. The number of nitrogens with one attached hydrogen (secondary N) is 1. The van der Waals surface area contributed by atoms with E-state index in [1.165, 1.54) is 16.8 Å². The summed E-state index contributed by atoms with van der Waals surface area (Å²) in [6.07, 6.45) is 1.05. The summed E-state index contributed by atoms with van der Waals surface area (Å²) in [6.45, 7) is 3.82. The van der Waals surface area contributed by atoms with Crippen LogP contribution >= 0.6 is 0 Å². The molecule has 2 aromatic carbocycles. The molecule has 0 spiro atoms. The average molecular weight is 283 g/mol. The van der Waals surface area contributed by atoms with E-state index >= 15 is 0 Å². The lowest BCUT2D eigenvalue weighted by molar-refractivity contribution is 0.270. The van der Waals surface area contributed by atoms with E-state index in [0.29, 0.717) is 5.92 Å². The Bertz CT molecular complexity index is 624. The quantitative estimate of drug-likeness (QED) is 0.920. The molecule has 0 aliphatic carbocycles. The fourth-order valence-corrected chi connectivity index (χ4v) is 2.82. The fraction of sp³-hybridized carbons (Fsp3) is 0.333. The number of anilines is 1. The highest BCUT2D eigenvalue weighted by molar-refractivity contribution is 5.54. The highest BCUT2D eigenvalue weighted by Gasteiger charge is 2.20. The lowest BCUT2D eigenvalue weighted by Gasteiger charge is -2.26. The summed E-state index contributed by atoms with van der Waals surface area (Å²) in [6, 6.07) is 14.5. The number of hydrogen-bond acceptors (Lipinski definition) is 3. The number of fused-ring (bicyclic) bond motifs is 1. The van der Waals surface area contributed by atoms with Gasteiger partial charge < -0.3 is 14.8 Å². The Balaban J connectivity index is 1.71. The third kappa shape index (κ3) is 2.97. The van der Waals surface area contributed by atoms with Crippen molar-refractivity contribution in [3.63, 3.8) is 0 Å². The first kappa shape index (κ1) is 13.8. The minimum atomic E-state index is 0.497. The summed E-state index contributed by atoms with van der Waals surface area (Å²) < 4.78 is 11.0. The number of rotatable bonds is 4. The van der Waals surface area contributed by atoms with Crippen molar-refractivity contribution in [2.75, 3.05) is 25.6 Å². The van der Waals surface area contributed by atoms with E-state index in [2.05, 4.69) is 42.6 Å². The highest BCUT2D eigenvalue weighted by Crippen LogP contribution is 2.33. The zero-order valence-corrected chi connectivity index (χ0v) is 12.6. The second-order valence-corrected chi connectivity index (χ2v) is 5.43. The number of aryl methyl sites for hydroxylation is 1. The average Bonchev–Trinajstić information content (AvgIpc) is 2.53. The molecule has 2 aromatic rings. The lowest BCUT2D eigenvalue weighted by Crippen LogP contribution is -2.20. The van der Waals surface area contributed by atoms with Crippen molar-refractivity contribution < 1.29 is 9.47 Å². The molecule has 1 aliphatic heterocycles. The van der Waals surface area contributed by atoms with E-state index in [-0.39, 0.29) is 0 Å². The Morgan fingerprint density at radius 1 is 1.24 bits per heavy atom. The van der Waals surface area contributed by atoms with Crippen LogP contribution in [0.15, 0.2) is 42.5 Å². The second kappa shape index (κ2) is 6.08. The summed E-state index contributed by atoms with van der Waals surface area (Å²) >= 11 is 0. The molecule has 1 aliphatic rings. The fourth-order valence-electron chi connectivity index (χ4n) is 2.82. The largest absolute Gasteiger partial charge is 0.497 e. The van der Waals surface area contributed by atoms with Gasteiger partial charge in [0.25, 0.3) is 0 Å². The molecule has 3 nitrogen and oxygen atoms in total. The number of methoxy groups -OCH3 is 1. The molecule has 3 heteroatoms. The number of benzene rings is 2. The first-order valence-electron chi connectivity index (χ1n) is 7.38. The Hall–Kier alpha value is -2.16. The van der Waals surface area contributed by atoms with Crippen molar-refractivity contribution in [1.29, 1.82) is 0 Å². The molecule has 1 unspecified atom stereocenters. The molecule has 3 rings (SSSR count). The van der Waals surface area contributed by atoms with E-state index in [1.807, 2.05) is 12.1 Å². The summed E-state index contributed by atoms with van der Waals surface area (Å²) in [4.78, 5) is 0. The summed E-state index contributed by atoms with van der Waals surface area (Å²) in [5.41, 5.74) is 3.68. The zero-order chi connectivity index (χ0) is 14.7. The predicted octanol–water partition coefficient (Wildman–Crippen LogP) is 3.98. The first-order valence-corrected chi connectivity index (χ1v) is 7.38. The molecule has 110 valence electrons. The summed E-state index contributed by atoms with van der Waals surface area (Å²) in [5.74, 6) is 2.42. The van der Waals surface area contributed by atoms with E-state index in [9.17, 15) is 0 Å². The van der Waals surface area contributed by atoms with Crippen molar-refractivity contribution in [2.45, 2.75) is 19.3 Å². The van der Waals surface area contributed by atoms with Crippen LogP contribution in [0.1, 0.15) is 23.5 Å². The highest BCUT2D eigenvalue weighted by atomic mass is 16.5. The molecule has 0 radical (unpaired) electrons. The maximum absolute atomic E-state index is 5.72. The number of para-hydroxylation sites is 1.